The Labute approximate surface area is 112 Å². The molecular formula is C13H21N3OS. The second kappa shape index (κ2) is 5.82. The van der Waals surface area contributed by atoms with Gasteiger partial charge in [-0.1, -0.05) is 13.0 Å². The Balaban J connectivity index is 2.13. The lowest BCUT2D eigenvalue weighted by Gasteiger charge is -2.31. The fourth-order valence-electron chi connectivity index (χ4n) is 2.62. The average Bonchev–Trinajstić information content (AvgIpc) is 3.00. The third kappa shape index (κ3) is 2.74. The van der Waals surface area contributed by atoms with E-state index in [9.17, 15) is 4.79 Å². The Morgan fingerprint density at radius 1 is 1.67 bits per heavy atom. The van der Waals surface area contributed by atoms with Crippen LogP contribution in [-0.2, 0) is 4.79 Å². The van der Waals surface area contributed by atoms with Crippen molar-refractivity contribution in [3.05, 3.63) is 22.4 Å². The molecule has 0 radical (unpaired) electrons. The number of rotatable bonds is 5. The number of primary amides is 1. The van der Waals surface area contributed by atoms with Crippen molar-refractivity contribution in [1.82, 2.24) is 4.90 Å². The molecule has 100 valence electrons. The minimum atomic E-state index is -0.188. The fraction of sp³-hybridized carbons (Fsp3) is 0.615. The predicted octanol–water partition coefficient (Wildman–Crippen LogP) is 1.33. The lowest BCUT2D eigenvalue weighted by atomic mass is 10.0. The molecule has 1 aromatic heterocycles. The quantitative estimate of drug-likeness (QED) is 0.845. The van der Waals surface area contributed by atoms with Gasteiger partial charge in [-0.2, -0.15) is 0 Å². The van der Waals surface area contributed by atoms with Gasteiger partial charge in [0.25, 0.3) is 0 Å². The van der Waals surface area contributed by atoms with Gasteiger partial charge in [-0.05, 0) is 30.8 Å². The van der Waals surface area contributed by atoms with Crippen LogP contribution in [-0.4, -0.2) is 29.9 Å². The van der Waals surface area contributed by atoms with Gasteiger partial charge >= 0.3 is 0 Å². The normalized spacial score (nSPS) is 24.0. The molecule has 0 spiro atoms. The van der Waals surface area contributed by atoms with E-state index >= 15 is 0 Å². The van der Waals surface area contributed by atoms with Crippen LogP contribution in [0.3, 0.4) is 0 Å². The molecule has 2 heterocycles. The van der Waals surface area contributed by atoms with Gasteiger partial charge in [-0.25, -0.2) is 0 Å². The Morgan fingerprint density at radius 2 is 2.44 bits per heavy atom. The van der Waals surface area contributed by atoms with Crippen molar-refractivity contribution in [2.75, 3.05) is 13.1 Å². The molecule has 18 heavy (non-hydrogen) atoms. The molecule has 1 aromatic rings. The highest BCUT2D eigenvalue weighted by atomic mass is 32.1. The van der Waals surface area contributed by atoms with Crippen LogP contribution in [0.1, 0.15) is 30.7 Å². The van der Waals surface area contributed by atoms with Gasteiger partial charge in [0.1, 0.15) is 0 Å². The molecule has 0 aliphatic carbocycles. The molecule has 4 nitrogen and oxygen atoms in total. The highest BCUT2D eigenvalue weighted by Crippen LogP contribution is 2.32. The van der Waals surface area contributed by atoms with E-state index in [1.807, 2.05) is 0 Å². The van der Waals surface area contributed by atoms with Crippen LogP contribution >= 0.6 is 11.3 Å². The maximum atomic E-state index is 11.3. The third-order valence-corrected chi connectivity index (χ3v) is 4.67. The summed E-state index contributed by atoms with van der Waals surface area (Å²) in [4.78, 5) is 14.9. The molecule has 1 aliphatic heterocycles. The molecule has 0 bridgehead atoms. The Kier molecular flexibility index (Phi) is 4.37. The lowest BCUT2D eigenvalue weighted by Crippen LogP contribution is -2.40. The largest absolute Gasteiger partial charge is 0.369 e. The number of hydrogen-bond donors (Lipinski definition) is 2. The van der Waals surface area contributed by atoms with Crippen molar-refractivity contribution >= 4 is 17.2 Å². The first-order valence-electron chi connectivity index (χ1n) is 6.45. The van der Waals surface area contributed by atoms with Crippen molar-refractivity contribution in [2.24, 2.45) is 17.4 Å². The smallest absolute Gasteiger partial charge is 0.221 e. The summed E-state index contributed by atoms with van der Waals surface area (Å²) in [6.07, 6.45) is 1.79. The second-order valence-electron chi connectivity index (χ2n) is 4.92. The van der Waals surface area contributed by atoms with Crippen LogP contribution < -0.4 is 11.5 Å². The number of likely N-dealkylation sites (tertiary alicyclic amines) is 1. The first-order valence-corrected chi connectivity index (χ1v) is 7.33. The second-order valence-corrected chi connectivity index (χ2v) is 5.89. The third-order valence-electron chi connectivity index (χ3n) is 3.73. The van der Waals surface area contributed by atoms with Crippen molar-refractivity contribution in [2.45, 2.75) is 31.8 Å². The van der Waals surface area contributed by atoms with Crippen molar-refractivity contribution in [1.29, 1.82) is 0 Å². The molecule has 5 heteroatoms. The molecule has 3 unspecified atom stereocenters. The van der Waals surface area contributed by atoms with Gasteiger partial charge in [0.05, 0.1) is 12.0 Å². The highest BCUT2D eigenvalue weighted by molar-refractivity contribution is 7.10. The van der Waals surface area contributed by atoms with E-state index in [-0.39, 0.29) is 23.9 Å². The fourth-order valence-corrected chi connectivity index (χ4v) is 3.55. The van der Waals surface area contributed by atoms with Gasteiger partial charge in [0, 0.05) is 17.5 Å². The lowest BCUT2D eigenvalue weighted by molar-refractivity contribution is -0.121. The van der Waals surface area contributed by atoms with Gasteiger partial charge in [-0.3, -0.25) is 9.69 Å². The van der Waals surface area contributed by atoms with E-state index in [0.717, 1.165) is 25.9 Å². The topological polar surface area (TPSA) is 72.3 Å². The summed E-state index contributed by atoms with van der Waals surface area (Å²) in [6.45, 7) is 3.75. The summed E-state index contributed by atoms with van der Waals surface area (Å²) in [5, 5.41) is 2.08. The number of thiophene rings is 1. The van der Waals surface area contributed by atoms with Gasteiger partial charge < -0.3 is 11.5 Å². The summed E-state index contributed by atoms with van der Waals surface area (Å²) in [5.41, 5.74) is 11.7. The molecule has 1 amide bonds. The zero-order chi connectivity index (χ0) is 13.1. The molecule has 2 rings (SSSR count). The zero-order valence-corrected chi connectivity index (χ0v) is 11.5. The SMILES string of the molecule is CCC(N)C(c1cccs1)N1CCC(C(N)=O)C1. The van der Waals surface area contributed by atoms with Crippen LogP contribution in [0.4, 0.5) is 0 Å². The summed E-state index contributed by atoms with van der Waals surface area (Å²) in [7, 11) is 0. The molecular weight excluding hydrogens is 246 g/mol. The van der Waals surface area contributed by atoms with Gasteiger partial charge in [0.2, 0.25) is 5.91 Å². The summed E-state index contributed by atoms with van der Waals surface area (Å²) in [5.74, 6) is -0.205. The standard InChI is InChI=1S/C13H21N3OS/c1-2-10(14)12(11-4-3-7-18-11)16-6-5-9(8-16)13(15)17/h3-4,7,9-10,12H,2,5-6,8,14H2,1H3,(H2,15,17). The van der Waals surface area contributed by atoms with E-state index in [1.54, 1.807) is 11.3 Å². The van der Waals surface area contributed by atoms with E-state index in [2.05, 4.69) is 29.3 Å². The maximum absolute atomic E-state index is 11.3. The number of carbonyl (C=O) groups excluding carboxylic acids is 1. The monoisotopic (exact) mass is 267 g/mol. The van der Waals surface area contributed by atoms with Crippen molar-refractivity contribution < 1.29 is 4.79 Å². The molecule has 0 aromatic carbocycles. The first kappa shape index (κ1) is 13.5. The Bertz CT molecular complexity index is 393. The van der Waals surface area contributed by atoms with Gasteiger partial charge in [0.15, 0.2) is 0 Å². The predicted molar refractivity (Wildman–Crippen MR) is 74.2 cm³/mol. The Morgan fingerprint density at radius 3 is 2.94 bits per heavy atom. The van der Waals surface area contributed by atoms with E-state index in [0.29, 0.717) is 0 Å². The number of amides is 1. The zero-order valence-electron chi connectivity index (χ0n) is 10.7. The molecule has 0 saturated carbocycles. The molecule has 4 N–H and O–H groups in total. The molecule has 1 saturated heterocycles. The van der Waals surface area contributed by atoms with Gasteiger partial charge in [-0.15, -0.1) is 11.3 Å². The molecule has 3 atom stereocenters. The summed E-state index contributed by atoms with van der Waals surface area (Å²) in [6, 6.07) is 4.51. The van der Waals surface area contributed by atoms with Crippen LogP contribution in [0.2, 0.25) is 0 Å². The number of hydrogen-bond acceptors (Lipinski definition) is 4. The van der Waals surface area contributed by atoms with Crippen LogP contribution in [0.15, 0.2) is 17.5 Å². The maximum Gasteiger partial charge on any atom is 0.221 e. The van der Waals surface area contributed by atoms with E-state index in [4.69, 9.17) is 11.5 Å². The van der Waals surface area contributed by atoms with E-state index < -0.39 is 0 Å². The number of nitrogens with two attached hydrogens (primary N) is 2. The highest BCUT2D eigenvalue weighted by Gasteiger charge is 2.34. The summed E-state index contributed by atoms with van der Waals surface area (Å²) >= 11 is 1.73. The minimum absolute atomic E-state index is 0.0171. The number of nitrogens with zero attached hydrogens (tertiary/aromatic N) is 1. The summed E-state index contributed by atoms with van der Waals surface area (Å²) < 4.78 is 0. The first-order chi connectivity index (χ1) is 8.63. The van der Waals surface area contributed by atoms with E-state index in [1.165, 1.54) is 4.88 Å². The van der Waals surface area contributed by atoms with Crippen molar-refractivity contribution in [3.8, 4) is 0 Å². The molecule has 1 aliphatic rings. The Hall–Kier alpha value is -0.910. The van der Waals surface area contributed by atoms with Crippen LogP contribution in [0, 0.1) is 5.92 Å². The van der Waals surface area contributed by atoms with Crippen LogP contribution in [0.5, 0.6) is 0 Å². The van der Waals surface area contributed by atoms with Crippen LogP contribution in [0.25, 0.3) is 0 Å². The molecule has 1 fully saturated rings. The average molecular weight is 267 g/mol. The minimum Gasteiger partial charge on any atom is -0.369 e. The number of carbonyl (C=O) groups is 1. The van der Waals surface area contributed by atoms with Crippen molar-refractivity contribution in [3.63, 3.8) is 0 Å².